The van der Waals surface area contributed by atoms with Crippen LogP contribution < -0.4 is 0 Å². The van der Waals surface area contributed by atoms with Gasteiger partial charge in [-0.15, -0.1) is 0 Å². The van der Waals surface area contributed by atoms with Gasteiger partial charge < -0.3 is 5.11 Å². The molecule has 4 atom stereocenters. The van der Waals surface area contributed by atoms with Crippen molar-refractivity contribution >= 4 is 5.97 Å². The molecule has 0 aromatic heterocycles. The number of aliphatic carboxylic acids is 1. The van der Waals surface area contributed by atoms with E-state index in [1.807, 2.05) is 13.0 Å². The number of allylic oxidation sites excluding steroid dienone is 4. The van der Waals surface area contributed by atoms with Gasteiger partial charge in [-0.2, -0.15) is 0 Å². The Bertz CT molecular complexity index is 516. The molecule has 0 aliphatic heterocycles. The van der Waals surface area contributed by atoms with E-state index >= 15 is 0 Å². The van der Waals surface area contributed by atoms with Crippen molar-refractivity contribution < 1.29 is 9.90 Å². The van der Waals surface area contributed by atoms with Crippen LogP contribution in [0.3, 0.4) is 0 Å². The van der Waals surface area contributed by atoms with Crippen molar-refractivity contribution in [2.45, 2.75) is 59.3 Å². The average molecular weight is 302 g/mol. The van der Waals surface area contributed by atoms with Crippen molar-refractivity contribution in [2.24, 2.45) is 22.7 Å². The van der Waals surface area contributed by atoms with Gasteiger partial charge in [-0.25, -0.2) is 0 Å². The fourth-order valence-electron chi connectivity index (χ4n) is 5.03. The van der Waals surface area contributed by atoms with Crippen LogP contribution in [0, 0.1) is 22.7 Å². The maximum absolute atomic E-state index is 11.9. The lowest BCUT2D eigenvalue weighted by molar-refractivity contribution is -0.164. The van der Waals surface area contributed by atoms with Crippen molar-refractivity contribution in [2.75, 3.05) is 0 Å². The predicted octanol–water partition coefficient (Wildman–Crippen LogP) is 5.37. The third-order valence-electron chi connectivity index (χ3n) is 6.51. The van der Waals surface area contributed by atoms with Gasteiger partial charge in [0, 0.05) is 0 Å². The van der Waals surface area contributed by atoms with Crippen LogP contribution >= 0.6 is 0 Å². The molecule has 2 aliphatic rings. The highest BCUT2D eigenvalue weighted by molar-refractivity contribution is 5.75. The van der Waals surface area contributed by atoms with Crippen molar-refractivity contribution in [1.82, 2.24) is 0 Å². The summed E-state index contributed by atoms with van der Waals surface area (Å²) in [4.78, 5) is 11.9. The lowest BCUT2D eigenvalue weighted by Crippen LogP contribution is -2.53. The molecule has 0 spiro atoms. The maximum Gasteiger partial charge on any atom is 0.309 e. The normalized spacial score (nSPS) is 39.2. The molecule has 0 heterocycles. The molecule has 0 amide bonds. The highest BCUT2D eigenvalue weighted by Crippen LogP contribution is 2.61. The van der Waals surface area contributed by atoms with E-state index in [1.165, 1.54) is 11.1 Å². The van der Waals surface area contributed by atoms with Crippen LogP contribution in [0.2, 0.25) is 0 Å². The SMILES string of the molecule is C=CC(C)=CCC1C(=C)CCC2[C@]1(C)CCC[C@]2(C)C(=O)O. The zero-order valence-corrected chi connectivity index (χ0v) is 14.3. The Kier molecular flexibility index (Phi) is 4.70. The Labute approximate surface area is 135 Å². The van der Waals surface area contributed by atoms with E-state index in [2.05, 4.69) is 33.1 Å². The van der Waals surface area contributed by atoms with Gasteiger partial charge in [0.25, 0.3) is 0 Å². The highest BCUT2D eigenvalue weighted by atomic mass is 16.4. The third kappa shape index (κ3) is 2.68. The first-order valence-corrected chi connectivity index (χ1v) is 8.46. The number of carbonyl (C=O) groups is 1. The number of hydrogen-bond donors (Lipinski definition) is 1. The van der Waals surface area contributed by atoms with Crippen LogP contribution in [0.4, 0.5) is 0 Å². The Morgan fingerprint density at radius 1 is 1.41 bits per heavy atom. The Balaban J connectivity index is 2.36. The lowest BCUT2D eigenvalue weighted by atomic mass is 9.46. The smallest absolute Gasteiger partial charge is 0.309 e. The standard InChI is InChI=1S/C20H30O2/c1-6-14(2)8-10-16-15(3)9-11-17-19(16,4)12-7-13-20(17,5)18(21)22/h6,8,16-17H,1,3,7,9-13H2,2,4-5H3,(H,21,22)/t16?,17?,19-,20+/m1/s1. The van der Waals surface area contributed by atoms with E-state index in [0.717, 1.165) is 38.5 Å². The predicted molar refractivity (Wildman–Crippen MR) is 91.6 cm³/mol. The van der Waals surface area contributed by atoms with Crippen LogP contribution in [-0.4, -0.2) is 11.1 Å². The summed E-state index contributed by atoms with van der Waals surface area (Å²) in [5.74, 6) is 0.0202. The molecule has 22 heavy (non-hydrogen) atoms. The zero-order chi connectivity index (χ0) is 16.5. The third-order valence-corrected chi connectivity index (χ3v) is 6.51. The molecule has 0 radical (unpaired) electrons. The molecule has 2 heteroatoms. The van der Waals surface area contributed by atoms with Gasteiger partial charge in [0.05, 0.1) is 5.41 Å². The monoisotopic (exact) mass is 302 g/mol. The van der Waals surface area contributed by atoms with Crippen LogP contribution in [0.5, 0.6) is 0 Å². The molecular formula is C20H30O2. The van der Waals surface area contributed by atoms with E-state index in [-0.39, 0.29) is 11.3 Å². The molecule has 2 saturated carbocycles. The second-order valence-electron chi connectivity index (χ2n) is 7.77. The average Bonchev–Trinajstić information content (AvgIpc) is 2.45. The van der Waals surface area contributed by atoms with Gasteiger partial charge in [-0.3, -0.25) is 4.79 Å². The number of carboxylic acids is 1. The summed E-state index contributed by atoms with van der Waals surface area (Å²) < 4.78 is 0. The highest BCUT2D eigenvalue weighted by Gasteiger charge is 2.57. The Morgan fingerprint density at radius 3 is 2.68 bits per heavy atom. The van der Waals surface area contributed by atoms with Crippen molar-refractivity contribution in [3.8, 4) is 0 Å². The minimum Gasteiger partial charge on any atom is -0.481 e. The van der Waals surface area contributed by atoms with Gasteiger partial charge in [0.2, 0.25) is 0 Å². The van der Waals surface area contributed by atoms with Crippen molar-refractivity contribution in [3.63, 3.8) is 0 Å². The molecule has 0 bridgehead atoms. The van der Waals surface area contributed by atoms with Gasteiger partial charge in [0.1, 0.15) is 0 Å². The fourth-order valence-corrected chi connectivity index (χ4v) is 5.03. The number of rotatable bonds is 4. The summed E-state index contributed by atoms with van der Waals surface area (Å²) in [6.07, 6.45) is 9.95. The molecule has 0 aromatic carbocycles. The van der Waals surface area contributed by atoms with E-state index in [4.69, 9.17) is 0 Å². The minimum absolute atomic E-state index is 0.0542. The molecule has 0 saturated heterocycles. The summed E-state index contributed by atoms with van der Waals surface area (Å²) in [7, 11) is 0. The number of carboxylic acid groups (broad SMARTS) is 1. The first-order valence-electron chi connectivity index (χ1n) is 8.46. The zero-order valence-electron chi connectivity index (χ0n) is 14.3. The van der Waals surface area contributed by atoms with Gasteiger partial charge in [0.15, 0.2) is 0 Å². The molecule has 1 N–H and O–H groups in total. The van der Waals surface area contributed by atoms with Gasteiger partial charge in [-0.1, -0.05) is 49.8 Å². The van der Waals surface area contributed by atoms with Gasteiger partial charge >= 0.3 is 5.97 Å². The molecule has 2 fully saturated rings. The summed E-state index contributed by atoms with van der Waals surface area (Å²) in [5.41, 5.74) is 1.97. The quantitative estimate of drug-likeness (QED) is 0.559. The van der Waals surface area contributed by atoms with Crippen molar-refractivity contribution in [1.29, 1.82) is 0 Å². The van der Waals surface area contributed by atoms with E-state index in [0.29, 0.717) is 5.92 Å². The molecule has 122 valence electrons. The van der Waals surface area contributed by atoms with E-state index < -0.39 is 11.4 Å². The second kappa shape index (κ2) is 6.06. The maximum atomic E-state index is 11.9. The summed E-state index contributed by atoms with van der Waals surface area (Å²) in [5, 5.41) is 9.81. The van der Waals surface area contributed by atoms with Crippen molar-refractivity contribution in [3.05, 3.63) is 36.5 Å². The molecular weight excluding hydrogens is 272 g/mol. The summed E-state index contributed by atoms with van der Waals surface area (Å²) in [6.45, 7) is 14.5. The molecule has 2 aliphatic carbocycles. The first-order chi connectivity index (χ1) is 10.3. The minimum atomic E-state index is -0.618. The van der Waals surface area contributed by atoms with Gasteiger partial charge in [-0.05, 0) is 63.2 Å². The first kappa shape index (κ1) is 17.1. The molecule has 2 nitrogen and oxygen atoms in total. The second-order valence-corrected chi connectivity index (χ2v) is 7.77. The van der Waals surface area contributed by atoms with Crippen LogP contribution in [0.15, 0.2) is 36.5 Å². The topological polar surface area (TPSA) is 37.3 Å². The molecule has 0 aromatic rings. The fraction of sp³-hybridized carbons (Fsp3) is 0.650. The van der Waals surface area contributed by atoms with Crippen LogP contribution in [0.1, 0.15) is 59.3 Å². The Hall–Kier alpha value is -1.31. The molecule has 2 rings (SSSR count). The van der Waals surface area contributed by atoms with Crippen LogP contribution in [-0.2, 0) is 4.79 Å². The number of fused-ring (bicyclic) bond motifs is 1. The number of hydrogen-bond acceptors (Lipinski definition) is 1. The molecule has 2 unspecified atom stereocenters. The summed E-state index contributed by atoms with van der Waals surface area (Å²) in [6, 6.07) is 0. The summed E-state index contributed by atoms with van der Waals surface area (Å²) >= 11 is 0. The Morgan fingerprint density at radius 2 is 2.09 bits per heavy atom. The lowest BCUT2D eigenvalue weighted by Gasteiger charge is -2.57. The van der Waals surface area contributed by atoms with Crippen LogP contribution in [0.25, 0.3) is 0 Å². The largest absolute Gasteiger partial charge is 0.481 e. The van der Waals surface area contributed by atoms with E-state index in [1.54, 1.807) is 0 Å². The van der Waals surface area contributed by atoms with E-state index in [9.17, 15) is 9.90 Å².